The van der Waals surface area contributed by atoms with Crippen molar-refractivity contribution >= 4 is 18.0 Å². The maximum atomic E-state index is 12.2. The summed E-state index contributed by atoms with van der Waals surface area (Å²) < 4.78 is 7.99. The molecule has 0 aliphatic heterocycles. The Hall–Kier alpha value is -3.09. The lowest BCUT2D eigenvalue weighted by atomic mass is 10.2. The number of hydrogen-bond acceptors (Lipinski definition) is 5. The van der Waals surface area contributed by atoms with Crippen molar-refractivity contribution in [1.29, 1.82) is 0 Å². The molecule has 0 bridgehead atoms. The number of methoxy groups -OCH3 is 1. The molecule has 0 amide bonds. The number of esters is 1. The maximum Gasteiger partial charge on any atom is 0.343 e. The highest BCUT2D eigenvalue weighted by Gasteiger charge is 2.17. The summed E-state index contributed by atoms with van der Waals surface area (Å²) in [5.41, 5.74) is 1.07. The first-order chi connectivity index (χ1) is 11.1. The van der Waals surface area contributed by atoms with E-state index in [2.05, 4.69) is 9.89 Å². The number of oxime groups is 1. The van der Waals surface area contributed by atoms with Crippen molar-refractivity contribution in [1.82, 2.24) is 0 Å². The minimum atomic E-state index is -0.447. The number of ether oxygens (including phenoxy) is 1. The quantitative estimate of drug-likeness (QED) is 0.270. The molecule has 0 unspecified atom stereocenters. The summed E-state index contributed by atoms with van der Waals surface area (Å²) in [5.74, 6) is -0.489. The lowest BCUT2D eigenvalue weighted by Crippen LogP contribution is -2.45. The first-order valence-corrected chi connectivity index (χ1v) is 6.88. The highest BCUT2D eigenvalue weighted by molar-refractivity contribution is 5.88. The summed E-state index contributed by atoms with van der Waals surface area (Å²) in [6.07, 6.45) is 8.03. The molecule has 23 heavy (non-hydrogen) atoms. The Kier molecular flexibility index (Phi) is 5.51. The van der Waals surface area contributed by atoms with Crippen LogP contribution in [0.25, 0.3) is 0 Å². The van der Waals surface area contributed by atoms with E-state index >= 15 is 0 Å². The Morgan fingerprint density at radius 2 is 1.83 bits per heavy atom. The number of carbonyl (C=O) groups is 2. The van der Waals surface area contributed by atoms with Gasteiger partial charge in [0.25, 0.3) is 5.78 Å². The average molecular weight is 315 g/mol. The van der Waals surface area contributed by atoms with E-state index in [0.717, 1.165) is 0 Å². The first kappa shape index (κ1) is 16.3. The van der Waals surface area contributed by atoms with Crippen LogP contribution in [0.15, 0.2) is 54.2 Å². The predicted octanol–water partition coefficient (Wildman–Crippen LogP) is 0.126. The third kappa shape index (κ3) is 4.70. The van der Waals surface area contributed by atoms with Crippen molar-refractivity contribution in [3.63, 3.8) is 0 Å². The monoisotopic (exact) mass is 315 g/mol. The number of Topliss-reactive ketones (excluding diaryl/α,β-unsaturated/α-hetero) is 1. The van der Waals surface area contributed by atoms with E-state index in [-0.39, 0.29) is 18.9 Å². The number of pyridine rings is 2. The Labute approximate surface area is 133 Å². The first-order valence-electron chi connectivity index (χ1n) is 6.88. The largest absolute Gasteiger partial charge is 0.465 e. The summed E-state index contributed by atoms with van der Waals surface area (Å²) in [4.78, 5) is 23.6. The fraction of sp³-hybridized carbons (Fsp3) is 0.188. The molecule has 2 heterocycles. The summed E-state index contributed by atoms with van der Waals surface area (Å²) in [6.45, 7) is 0.304. The van der Waals surface area contributed by atoms with Gasteiger partial charge >= 0.3 is 5.97 Å². The molecule has 0 aliphatic carbocycles. The lowest BCUT2D eigenvalue weighted by Gasteiger charge is -1.99. The fourth-order valence-corrected chi connectivity index (χ4v) is 2.10. The molecule has 7 nitrogen and oxygen atoms in total. The predicted molar refractivity (Wildman–Crippen MR) is 79.0 cm³/mol. The van der Waals surface area contributed by atoms with Crippen LogP contribution in [-0.4, -0.2) is 30.3 Å². The third-order valence-electron chi connectivity index (χ3n) is 3.09. The van der Waals surface area contributed by atoms with Gasteiger partial charge in [0.15, 0.2) is 24.8 Å². The van der Waals surface area contributed by atoms with Gasteiger partial charge in [0, 0.05) is 12.1 Å². The number of ketones is 1. The van der Waals surface area contributed by atoms with E-state index < -0.39 is 5.97 Å². The molecule has 7 heteroatoms. The minimum Gasteiger partial charge on any atom is -0.465 e. The van der Waals surface area contributed by atoms with Crippen LogP contribution in [0.3, 0.4) is 0 Å². The van der Waals surface area contributed by atoms with Crippen LogP contribution >= 0.6 is 0 Å². The highest BCUT2D eigenvalue weighted by atomic mass is 16.5. The van der Waals surface area contributed by atoms with Crippen LogP contribution in [0, 0.1) is 0 Å². The van der Waals surface area contributed by atoms with Crippen LogP contribution in [0.5, 0.6) is 0 Å². The maximum absolute atomic E-state index is 12.2. The molecule has 0 saturated heterocycles. The summed E-state index contributed by atoms with van der Waals surface area (Å²) in [7, 11) is 1.31. The number of rotatable bonds is 6. The van der Waals surface area contributed by atoms with E-state index in [1.165, 1.54) is 13.3 Å². The van der Waals surface area contributed by atoms with Crippen LogP contribution in [0.4, 0.5) is 0 Å². The fourth-order valence-electron chi connectivity index (χ4n) is 2.10. The van der Waals surface area contributed by atoms with Crippen LogP contribution in [0.2, 0.25) is 0 Å². The molecule has 0 spiro atoms. The zero-order valence-electron chi connectivity index (χ0n) is 12.6. The van der Waals surface area contributed by atoms with E-state index in [1.54, 1.807) is 58.2 Å². The summed E-state index contributed by atoms with van der Waals surface area (Å²) in [6, 6.07) is 6.83. The molecule has 0 atom stereocenters. The molecular formula is C16H17N3O4+2. The number of hydrogen-bond donors (Lipinski definition) is 1. The van der Waals surface area contributed by atoms with Gasteiger partial charge in [0.2, 0.25) is 13.1 Å². The summed E-state index contributed by atoms with van der Waals surface area (Å²) >= 11 is 0. The average Bonchev–Trinajstić information content (AvgIpc) is 2.55. The van der Waals surface area contributed by atoms with E-state index in [1.807, 2.05) is 0 Å². The van der Waals surface area contributed by atoms with Crippen LogP contribution in [0.1, 0.15) is 15.9 Å². The van der Waals surface area contributed by atoms with Gasteiger partial charge in [-0.2, -0.15) is 9.13 Å². The van der Waals surface area contributed by atoms with Gasteiger partial charge in [-0.15, -0.1) is 0 Å². The third-order valence-corrected chi connectivity index (χ3v) is 3.09. The molecule has 0 fully saturated rings. The van der Waals surface area contributed by atoms with Crippen LogP contribution in [-0.2, 0) is 22.6 Å². The van der Waals surface area contributed by atoms with Crippen molar-refractivity contribution in [2.24, 2.45) is 5.16 Å². The molecule has 0 radical (unpaired) electrons. The molecule has 1 N–H and O–H groups in total. The van der Waals surface area contributed by atoms with Crippen molar-refractivity contribution in [3.05, 3.63) is 60.2 Å². The number of carbonyl (C=O) groups excluding carboxylic acids is 2. The van der Waals surface area contributed by atoms with E-state index in [0.29, 0.717) is 11.1 Å². The van der Waals surface area contributed by atoms with Crippen molar-refractivity contribution in [2.75, 3.05) is 7.11 Å². The molecule has 2 rings (SSSR count). The Morgan fingerprint density at radius 3 is 2.48 bits per heavy atom. The second-order valence-corrected chi connectivity index (χ2v) is 4.85. The van der Waals surface area contributed by atoms with Gasteiger partial charge < -0.3 is 9.94 Å². The molecule has 0 saturated carbocycles. The van der Waals surface area contributed by atoms with Gasteiger partial charge in [-0.05, 0) is 12.1 Å². The van der Waals surface area contributed by atoms with Gasteiger partial charge in [-0.3, -0.25) is 4.79 Å². The Balaban J connectivity index is 2.05. The van der Waals surface area contributed by atoms with Crippen LogP contribution < -0.4 is 9.13 Å². The molecule has 2 aromatic rings. The lowest BCUT2D eigenvalue weighted by molar-refractivity contribution is -0.702. The minimum absolute atomic E-state index is 0.0416. The SMILES string of the molecule is COC(=O)c1ccc[n+](CC(=O)C[n+]2cccc(/C=N/O)c2)c1. The van der Waals surface area contributed by atoms with Gasteiger partial charge in [-0.1, -0.05) is 5.16 Å². The summed E-state index contributed by atoms with van der Waals surface area (Å²) in [5, 5.41) is 11.5. The Morgan fingerprint density at radius 1 is 1.17 bits per heavy atom. The molecular weight excluding hydrogens is 298 g/mol. The normalized spacial score (nSPS) is 10.7. The molecule has 2 aromatic heterocycles. The van der Waals surface area contributed by atoms with Crippen molar-refractivity contribution in [2.45, 2.75) is 13.1 Å². The standard InChI is InChI=1S/C16H16N3O4/c1-23-16(21)14-5-3-7-19(10-14)12-15(20)11-18-6-2-4-13(9-18)8-17-22/h2-10H,11-12H2,1H3/q+1/p+1/b17-8+. The zero-order valence-corrected chi connectivity index (χ0v) is 12.6. The van der Waals surface area contributed by atoms with Gasteiger partial charge in [0.1, 0.15) is 5.56 Å². The van der Waals surface area contributed by atoms with Crippen molar-refractivity contribution < 1.29 is 28.7 Å². The number of nitrogens with zero attached hydrogens (tertiary/aromatic N) is 3. The molecule has 118 valence electrons. The second-order valence-electron chi connectivity index (χ2n) is 4.85. The second kappa shape index (κ2) is 7.79. The van der Waals surface area contributed by atoms with Gasteiger partial charge in [0.05, 0.1) is 18.9 Å². The van der Waals surface area contributed by atoms with Gasteiger partial charge in [-0.25, -0.2) is 4.79 Å². The molecule has 0 aliphatic rings. The Bertz CT molecular complexity index is 744. The topological polar surface area (TPSA) is 83.7 Å². The number of aromatic nitrogens is 2. The highest BCUT2D eigenvalue weighted by Crippen LogP contribution is 1.96. The molecule has 0 aromatic carbocycles. The van der Waals surface area contributed by atoms with E-state index in [9.17, 15) is 9.59 Å². The van der Waals surface area contributed by atoms with E-state index in [4.69, 9.17) is 5.21 Å². The van der Waals surface area contributed by atoms with Crippen molar-refractivity contribution in [3.8, 4) is 0 Å². The smallest absolute Gasteiger partial charge is 0.343 e. The zero-order chi connectivity index (χ0) is 16.7.